The number of halogens is 3. The zero-order chi connectivity index (χ0) is 18.0. The maximum Gasteiger partial charge on any atom is 0.354 e. The minimum Gasteiger partial charge on any atom is -0.477 e. The number of hydrogen-bond acceptors (Lipinski definition) is 6. The van der Waals surface area contributed by atoms with Crippen LogP contribution in [0.3, 0.4) is 0 Å². The van der Waals surface area contributed by atoms with Crippen LogP contribution < -0.4 is 4.74 Å². The van der Waals surface area contributed by atoms with Crippen molar-refractivity contribution in [3.8, 4) is 16.5 Å². The van der Waals surface area contributed by atoms with E-state index in [1.807, 2.05) is 0 Å². The van der Waals surface area contributed by atoms with Crippen molar-refractivity contribution >= 4 is 28.9 Å². The number of rotatable bonds is 7. The van der Waals surface area contributed by atoms with Gasteiger partial charge in [0.1, 0.15) is 5.69 Å². The topological polar surface area (TPSA) is 90.4 Å². The Morgan fingerprint density at radius 1 is 1.44 bits per heavy atom. The van der Waals surface area contributed by atoms with Crippen LogP contribution in [0.15, 0.2) is 28.8 Å². The van der Waals surface area contributed by atoms with Gasteiger partial charge in [0, 0.05) is 12.1 Å². The van der Waals surface area contributed by atoms with Gasteiger partial charge in [-0.3, -0.25) is 0 Å². The second-order valence-corrected chi connectivity index (χ2v) is 6.53. The van der Waals surface area contributed by atoms with Crippen molar-refractivity contribution in [3.63, 3.8) is 0 Å². The van der Waals surface area contributed by atoms with Crippen LogP contribution in [0, 0.1) is 0 Å². The molecule has 3 aromatic heterocycles. The van der Waals surface area contributed by atoms with Crippen molar-refractivity contribution in [1.82, 2.24) is 14.9 Å². The van der Waals surface area contributed by atoms with E-state index >= 15 is 0 Å². The highest BCUT2D eigenvalue weighted by molar-refractivity contribution is 7.19. The number of ether oxygens (including phenoxy) is 1. The van der Waals surface area contributed by atoms with E-state index in [4.69, 9.17) is 20.9 Å². The van der Waals surface area contributed by atoms with Gasteiger partial charge in [0.25, 0.3) is 6.43 Å². The lowest BCUT2D eigenvalue weighted by atomic mass is 10.3. The van der Waals surface area contributed by atoms with Crippen LogP contribution >= 0.6 is 22.9 Å². The Hall–Kier alpha value is -2.46. The van der Waals surface area contributed by atoms with E-state index in [1.54, 1.807) is 18.2 Å². The molecule has 0 atom stereocenters. The highest BCUT2D eigenvalue weighted by Gasteiger charge is 2.18. The molecule has 25 heavy (non-hydrogen) atoms. The number of thiophene rings is 1. The molecule has 0 saturated heterocycles. The highest BCUT2D eigenvalue weighted by atomic mass is 35.5. The number of aromatic nitrogens is 3. The molecular formula is C14H10ClF2N3O4S. The molecule has 0 aliphatic carbocycles. The summed E-state index contributed by atoms with van der Waals surface area (Å²) in [6.45, 7) is -0.897. The Morgan fingerprint density at radius 2 is 2.24 bits per heavy atom. The summed E-state index contributed by atoms with van der Waals surface area (Å²) in [7, 11) is 0. The number of hydrogen-bond donors (Lipinski definition) is 1. The van der Waals surface area contributed by atoms with Gasteiger partial charge in [-0.25, -0.2) is 18.3 Å². The Labute approximate surface area is 148 Å². The third kappa shape index (κ3) is 4.15. The van der Waals surface area contributed by atoms with Gasteiger partial charge in [0.15, 0.2) is 18.1 Å². The summed E-state index contributed by atoms with van der Waals surface area (Å²) < 4.78 is 36.0. The van der Waals surface area contributed by atoms with Crippen LogP contribution in [-0.2, 0) is 6.54 Å². The van der Waals surface area contributed by atoms with Gasteiger partial charge in [0.2, 0.25) is 5.88 Å². The molecule has 0 amide bonds. The molecule has 1 N–H and O–H groups in total. The fourth-order valence-corrected chi connectivity index (χ4v) is 3.00. The summed E-state index contributed by atoms with van der Waals surface area (Å²) in [5, 5.41) is 16.9. The van der Waals surface area contributed by atoms with Gasteiger partial charge in [-0.05, 0) is 12.1 Å². The Morgan fingerprint density at radius 3 is 2.88 bits per heavy atom. The third-order valence-electron chi connectivity index (χ3n) is 3.02. The van der Waals surface area contributed by atoms with E-state index in [-0.39, 0.29) is 18.1 Å². The zero-order valence-electron chi connectivity index (χ0n) is 12.4. The van der Waals surface area contributed by atoms with E-state index < -0.39 is 19.0 Å². The summed E-state index contributed by atoms with van der Waals surface area (Å²) in [4.78, 5) is 12.0. The van der Waals surface area contributed by atoms with Crippen molar-refractivity contribution in [2.45, 2.75) is 13.0 Å². The third-order valence-corrected chi connectivity index (χ3v) is 4.27. The van der Waals surface area contributed by atoms with E-state index in [9.17, 15) is 18.7 Å². The Balaban J connectivity index is 1.80. The van der Waals surface area contributed by atoms with Crippen LogP contribution in [0.1, 0.15) is 16.2 Å². The molecule has 7 nitrogen and oxygen atoms in total. The highest BCUT2D eigenvalue weighted by Crippen LogP contribution is 2.31. The fraction of sp³-hybridized carbons (Fsp3) is 0.214. The standard InChI is InChI=1S/C14H10ClF2N3O4S/c15-11-2-1-10(25-11)9-3-7(19-24-9)5-20-8(14(21)22)4-13(18-20)23-6-12(16)17/h1-4,12H,5-6H2,(H,21,22). The first-order valence-electron chi connectivity index (χ1n) is 6.86. The molecule has 0 bridgehead atoms. The van der Waals surface area contributed by atoms with Crippen molar-refractivity contribution in [2.75, 3.05) is 6.61 Å². The maximum absolute atomic E-state index is 12.2. The average molecular weight is 390 g/mol. The van der Waals surface area contributed by atoms with Gasteiger partial charge in [-0.15, -0.1) is 16.4 Å². The molecule has 3 heterocycles. The van der Waals surface area contributed by atoms with Gasteiger partial charge in [-0.2, -0.15) is 0 Å². The largest absolute Gasteiger partial charge is 0.477 e. The first-order valence-corrected chi connectivity index (χ1v) is 8.05. The Bertz CT molecular complexity index is 892. The minimum absolute atomic E-state index is 0.0255. The predicted octanol–water partition coefficient (Wildman–Crippen LogP) is 3.64. The van der Waals surface area contributed by atoms with Gasteiger partial charge < -0.3 is 14.4 Å². The van der Waals surface area contributed by atoms with Gasteiger partial charge in [0.05, 0.1) is 15.8 Å². The van der Waals surface area contributed by atoms with E-state index in [2.05, 4.69) is 10.3 Å². The van der Waals surface area contributed by atoms with Crippen LogP contribution in [0.4, 0.5) is 8.78 Å². The molecule has 0 aliphatic heterocycles. The van der Waals surface area contributed by atoms with Crippen molar-refractivity contribution in [2.24, 2.45) is 0 Å². The van der Waals surface area contributed by atoms with Crippen LogP contribution in [0.2, 0.25) is 4.34 Å². The average Bonchev–Trinajstić information content (AvgIpc) is 3.25. The van der Waals surface area contributed by atoms with Crippen LogP contribution in [-0.4, -0.2) is 39.0 Å². The van der Waals surface area contributed by atoms with Crippen LogP contribution in [0.5, 0.6) is 5.88 Å². The second kappa shape index (κ2) is 7.19. The number of carbonyl (C=O) groups is 1. The quantitative estimate of drug-likeness (QED) is 0.663. The number of aromatic carboxylic acids is 1. The zero-order valence-corrected chi connectivity index (χ0v) is 13.9. The molecule has 0 radical (unpaired) electrons. The molecule has 0 aromatic carbocycles. The monoisotopic (exact) mass is 389 g/mol. The van der Waals surface area contributed by atoms with Gasteiger partial charge >= 0.3 is 5.97 Å². The summed E-state index contributed by atoms with van der Waals surface area (Å²) in [5.74, 6) is -0.996. The van der Waals surface area contributed by atoms with Gasteiger partial charge in [-0.1, -0.05) is 16.8 Å². The predicted molar refractivity (Wildman–Crippen MR) is 84.6 cm³/mol. The number of carboxylic acid groups (broad SMARTS) is 1. The molecular weight excluding hydrogens is 380 g/mol. The summed E-state index contributed by atoms with van der Waals surface area (Å²) in [6.07, 6.45) is -2.69. The minimum atomic E-state index is -2.69. The summed E-state index contributed by atoms with van der Waals surface area (Å²) >= 11 is 7.17. The molecule has 11 heteroatoms. The molecule has 3 rings (SSSR count). The molecule has 0 spiro atoms. The molecule has 0 aliphatic rings. The number of nitrogens with zero attached hydrogens (tertiary/aromatic N) is 3. The van der Waals surface area contributed by atoms with E-state index in [1.165, 1.54) is 11.3 Å². The molecule has 3 aromatic rings. The normalized spacial score (nSPS) is 11.2. The lowest BCUT2D eigenvalue weighted by Gasteiger charge is -2.01. The van der Waals surface area contributed by atoms with Crippen LogP contribution in [0.25, 0.3) is 10.6 Å². The molecule has 0 fully saturated rings. The lowest BCUT2D eigenvalue weighted by Crippen LogP contribution is -2.11. The second-order valence-electron chi connectivity index (χ2n) is 4.82. The lowest BCUT2D eigenvalue weighted by molar-refractivity contribution is 0.0683. The molecule has 0 unspecified atom stereocenters. The SMILES string of the molecule is O=C(O)c1cc(OCC(F)F)nn1Cc1cc(-c2ccc(Cl)s2)on1. The number of carboxylic acids is 1. The van der Waals surface area contributed by atoms with E-state index in [0.717, 1.165) is 15.6 Å². The fourth-order valence-electron chi connectivity index (χ4n) is 2.01. The molecule has 132 valence electrons. The Kier molecular flexibility index (Phi) is 5.00. The van der Waals surface area contributed by atoms with E-state index in [0.29, 0.717) is 15.8 Å². The smallest absolute Gasteiger partial charge is 0.354 e. The summed E-state index contributed by atoms with van der Waals surface area (Å²) in [6, 6.07) is 6.18. The summed E-state index contributed by atoms with van der Waals surface area (Å²) in [5.41, 5.74) is 0.193. The first kappa shape index (κ1) is 17.4. The van der Waals surface area contributed by atoms with Crippen molar-refractivity contribution in [3.05, 3.63) is 40.0 Å². The maximum atomic E-state index is 12.2. The molecule has 0 saturated carbocycles. The van der Waals surface area contributed by atoms with Crippen molar-refractivity contribution < 1.29 is 27.9 Å². The number of alkyl halides is 2. The first-order chi connectivity index (χ1) is 11.9. The van der Waals surface area contributed by atoms with Crippen molar-refractivity contribution in [1.29, 1.82) is 0 Å².